The molecule has 2 saturated heterocycles. The van der Waals surface area contributed by atoms with Crippen LogP contribution in [0, 0.1) is 0 Å². The molecule has 0 spiro atoms. The highest BCUT2D eigenvalue weighted by Crippen LogP contribution is 2.28. The average Bonchev–Trinajstić information content (AvgIpc) is 4.03. The number of nitrogens with zero attached hydrogens (tertiary/aromatic N) is 4. The maximum absolute atomic E-state index is 13.8. The van der Waals surface area contributed by atoms with Crippen molar-refractivity contribution in [2.75, 3.05) is 34.4 Å². The number of nitrogens with one attached hydrogen (secondary N) is 4. The molecule has 4 aromatic carbocycles. The molecule has 0 aliphatic carbocycles. The molecular formula is C50H48N8O4. The molecule has 6 aromatic rings. The van der Waals surface area contributed by atoms with Crippen LogP contribution in [0.3, 0.4) is 0 Å². The van der Waals surface area contributed by atoms with Gasteiger partial charge in [-0.15, -0.1) is 0 Å². The van der Waals surface area contributed by atoms with Gasteiger partial charge in [0, 0.05) is 48.2 Å². The Bertz CT molecular complexity index is 2350. The summed E-state index contributed by atoms with van der Waals surface area (Å²) >= 11 is 0. The van der Waals surface area contributed by atoms with Crippen molar-refractivity contribution in [3.05, 3.63) is 179 Å². The third kappa shape index (κ3) is 10.0. The van der Waals surface area contributed by atoms with Crippen LogP contribution in [0.25, 0.3) is 12.2 Å². The first-order chi connectivity index (χ1) is 30.4. The van der Waals surface area contributed by atoms with E-state index in [0.717, 1.165) is 35.4 Å². The number of para-hydroxylation sites is 2. The molecule has 0 radical (unpaired) electrons. The molecule has 2 aliphatic rings. The standard InChI is InChI=1S/C50H48N8O4/c59-47(45-17-9-31-57(45)49(61)41-13-1-3-15-43(41)53-33-39-11-5-7-29-51-39)55-37-25-21-35(22-26-37)19-20-36-23-27-38(28-24-36)56-48(60)46-18-10-32-58(46)50(62)42-14-2-4-16-44(42)54-34-40-12-6-8-30-52-40/h1-8,11-16,19-30,45-46,53-54H,9-10,17-18,31-34H2,(H,55,59)(H,56,60)/b20-19+/t45-,46-/m0/s1. The van der Waals surface area contributed by atoms with Gasteiger partial charge < -0.3 is 31.1 Å². The van der Waals surface area contributed by atoms with Crippen molar-refractivity contribution in [2.24, 2.45) is 0 Å². The van der Waals surface area contributed by atoms with Crippen LogP contribution in [0.5, 0.6) is 0 Å². The molecule has 12 heteroatoms. The molecule has 2 aliphatic heterocycles. The van der Waals surface area contributed by atoms with E-state index in [1.165, 1.54) is 0 Å². The Balaban J connectivity index is 0.829. The number of amides is 4. The topological polar surface area (TPSA) is 149 Å². The SMILES string of the molecule is O=C(Nc1ccc(/C=C/c2ccc(NC(=O)[C@@H]3CCCN3C(=O)c3ccccc3NCc3ccccn3)cc2)cc1)[C@@H]1CCCN1C(=O)c1ccccc1NCc1ccccn1. The fourth-order valence-corrected chi connectivity index (χ4v) is 7.90. The summed E-state index contributed by atoms with van der Waals surface area (Å²) < 4.78 is 0. The van der Waals surface area contributed by atoms with Gasteiger partial charge in [-0.1, -0.05) is 72.8 Å². The second-order valence-corrected chi connectivity index (χ2v) is 15.3. The first-order valence-corrected chi connectivity index (χ1v) is 21.0. The van der Waals surface area contributed by atoms with Crippen molar-refractivity contribution in [1.82, 2.24) is 19.8 Å². The van der Waals surface area contributed by atoms with Gasteiger partial charge >= 0.3 is 0 Å². The number of likely N-dealkylation sites (tertiary alicyclic amines) is 2. The zero-order valence-electron chi connectivity index (χ0n) is 34.2. The molecule has 0 bridgehead atoms. The highest BCUT2D eigenvalue weighted by Gasteiger charge is 2.36. The second kappa shape index (κ2) is 19.6. The number of carbonyl (C=O) groups is 4. The Kier molecular flexibility index (Phi) is 13.0. The molecule has 8 rings (SSSR count). The molecule has 4 N–H and O–H groups in total. The lowest BCUT2D eigenvalue weighted by atomic mass is 10.1. The van der Waals surface area contributed by atoms with E-state index in [9.17, 15) is 19.2 Å². The first-order valence-electron chi connectivity index (χ1n) is 21.0. The van der Waals surface area contributed by atoms with E-state index >= 15 is 0 Å². The van der Waals surface area contributed by atoms with E-state index in [1.54, 1.807) is 34.3 Å². The molecule has 2 aromatic heterocycles. The van der Waals surface area contributed by atoms with Crippen LogP contribution >= 0.6 is 0 Å². The van der Waals surface area contributed by atoms with E-state index in [4.69, 9.17) is 0 Å². The van der Waals surface area contributed by atoms with Gasteiger partial charge in [0.25, 0.3) is 11.8 Å². The van der Waals surface area contributed by atoms with Crippen molar-refractivity contribution < 1.29 is 19.2 Å². The van der Waals surface area contributed by atoms with Gasteiger partial charge in [-0.25, -0.2) is 0 Å². The second-order valence-electron chi connectivity index (χ2n) is 15.3. The van der Waals surface area contributed by atoms with E-state index in [-0.39, 0.29) is 23.6 Å². The minimum Gasteiger partial charge on any atom is -0.379 e. The number of aromatic nitrogens is 2. The van der Waals surface area contributed by atoms with Gasteiger partial charge in [0.2, 0.25) is 11.8 Å². The first kappa shape index (κ1) is 41.1. The van der Waals surface area contributed by atoms with Crippen molar-refractivity contribution in [3.8, 4) is 0 Å². The van der Waals surface area contributed by atoms with E-state index in [1.807, 2.05) is 133 Å². The normalized spacial score (nSPS) is 15.9. The molecule has 312 valence electrons. The highest BCUT2D eigenvalue weighted by molar-refractivity contribution is 6.05. The third-order valence-corrected chi connectivity index (χ3v) is 11.1. The summed E-state index contributed by atoms with van der Waals surface area (Å²) in [6.45, 7) is 1.96. The minimum atomic E-state index is -0.577. The Labute approximate surface area is 361 Å². The molecule has 62 heavy (non-hydrogen) atoms. The Morgan fingerprint density at radius 2 is 0.919 bits per heavy atom. The lowest BCUT2D eigenvalue weighted by Crippen LogP contribution is -2.43. The van der Waals surface area contributed by atoms with Crippen molar-refractivity contribution in [2.45, 2.75) is 50.9 Å². The van der Waals surface area contributed by atoms with Crippen LogP contribution in [0.15, 0.2) is 146 Å². The summed E-state index contributed by atoms with van der Waals surface area (Å²) in [7, 11) is 0. The molecule has 2 fully saturated rings. The number of benzene rings is 4. The fourth-order valence-electron chi connectivity index (χ4n) is 7.90. The fraction of sp³-hybridized carbons (Fsp3) is 0.200. The van der Waals surface area contributed by atoms with E-state index in [2.05, 4.69) is 31.2 Å². The average molecular weight is 825 g/mol. The van der Waals surface area contributed by atoms with Gasteiger partial charge in [0.1, 0.15) is 12.1 Å². The summed E-state index contributed by atoms with van der Waals surface area (Å²) in [6, 6.07) is 40.1. The van der Waals surface area contributed by atoms with Gasteiger partial charge in [-0.2, -0.15) is 0 Å². The minimum absolute atomic E-state index is 0.182. The Morgan fingerprint density at radius 1 is 0.516 bits per heavy atom. The molecule has 12 nitrogen and oxygen atoms in total. The molecule has 4 amide bonds. The summed E-state index contributed by atoms with van der Waals surface area (Å²) in [5.41, 5.74) is 7.33. The predicted molar refractivity (Wildman–Crippen MR) is 243 cm³/mol. The van der Waals surface area contributed by atoms with Gasteiger partial charge in [0.05, 0.1) is 35.6 Å². The maximum Gasteiger partial charge on any atom is 0.256 e. The zero-order valence-corrected chi connectivity index (χ0v) is 34.2. The van der Waals surface area contributed by atoms with E-state index < -0.39 is 12.1 Å². The third-order valence-electron chi connectivity index (χ3n) is 11.1. The van der Waals surface area contributed by atoms with Crippen molar-refractivity contribution in [1.29, 1.82) is 0 Å². The van der Waals surface area contributed by atoms with Gasteiger partial charge in [-0.05, 0) is 110 Å². The molecule has 0 unspecified atom stereocenters. The van der Waals surface area contributed by atoms with Crippen LogP contribution in [0.4, 0.5) is 22.7 Å². The lowest BCUT2D eigenvalue weighted by Gasteiger charge is -2.25. The van der Waals surface area contributed by atoms with Gasteiger partial charge in [0.15, 0.2) is 0 Å². The summed E-state index contributed by atoms with van der Waals surface area (Å²) in [5, 5.41) is 12.7. The smallest absolute Gasteiger partial charge is 0.256 e. The Hall–Kier alpha value is -7.60. The number of pyridine rings is 2. The predicted octanol–water partition coefficient (Wildman–Crippen LogP) is 8.36. The summed E-state index contributed by atoms with van der Waals surface area (Å²) in [6.07, 6.45) is 10.1. The van der Waals surface area contributed by atoms with Crippen molar-refractivity contribution >= 4 is 58.5 Å². The van der Waals surface area contributed by atoms with Crippen LogP contribution in [0.2, 0.25) is 0 Å². The quantitative estimate of drug-likeness (QED) is 0.0802. The largest absolute Gasteiger partial charge is 0.379 e. The number of rotatable bonds is 14. The highest BCUT2D eigenvalue weighted by atomic mass is 16.2. The van der Waals surface area contributed by atoms with Crippen LogP contribution in [0.1, 0.15) is 68.9 Å². The van der Waals surface area contributed by atoms with Crippen LogP contribution < -0.4 is 21.3 Å². The molecule has 2 atom stereocenters. The number of anilines is 4. The van der Waals surface area contributed by atoms with Crippen molar-refractivity contribution in [3.63, 3.8) is 0 Å². The van der Waals surface area contributed by atoms with Crippen LogP contribution in [-0.2, 0) is 22.7 Å². The molecule has 4 heterocycles. The lowest BCUT2D eigenvalue weighted by molar-refractivity contribution is -0.120. The monoisotopic (exact) mass is 824 g/mol. The summed E-state index contributed by atoms with van der Waals surface area (Å²) in [4.78, 5) is 66.6. The molecule has 0 saturated carbocycles. The maximum atomic E-state index is 13.8. The Morgan fingerprint density at radius 3 is 1.32 bits per heavy atom. The van der Waals surface area contributed by atoms with E-state index in [0.29, 0.717) is 72.9 Å². The summed E-state index contributed by atoms with van der Waals surface area (Å²) in [5.74, 6) is -0.794. The number of hydrogen-bond acceptors (Lipinski definition) is 8. The van der Waals surface area contributed by atoms with Gasteiger partial charge in [-0.3, -0.25) is 29.1 Å². The zero-order chi connectivity index (χ0) is 42.7. The van der Waals surface area contributed by atoms with Crippen LogP contribution in [-0.4, -0.2) is 68.6 Å². The number of hydrogen-bond donors (Lipinski definition) is 4. The number of carbonyl (C=O) groups excluding carboxylic acids is 4. The molecular weight excluding hydrogens is 777 g/mol.